The van der Waals surface area contributed by atoms with E-state index >= 15 is 0 Å². The Bertz CT molecular complexity index is 550. The van der Waals surface area contributed by atoms with Crippen molar-refractivity contribution in [2.75, 3.05) is 33.2 Å². The normalized spacial score (nSPS) is 29.7. The Hall–Kier alpha value is -1.30. The van der Waals surface area contributed by atoms with E-state index in [1.54, 1.807) is 0 Å². The van der Waals surface area contributed by atoms with Gasteiger partial charge in [-0.2, -0.15) is 0 Å². The summed E-state index contributed by atoms with van der Waals surface area (Å²) in [4.78, 5) is 2.57. The van der Waals surface area contributed by atoms with Crippen LogP contribution in [0.4, 0.5) is 0 Å². The SMILES string of the molecule is CCOCC1C[C@@H]2OCCN(Cc3ccc4c(c3)OCO4)[C@H]2C1. The van der Waals surface area contributed by atoms with Crippen LogP contribution in [0.15, 0.2) is 18.2 Å². The Morgan fingerprint density at radius 2 is 2.13 bits per heavy atom. The van der Waals surface area contributed by atoms with Crippen LogP contribution in [-0.2, 0) is 16.0 Å². The van der Waals surface area contributed by atoms with Gasteiger partial charge in [-0.1, -0.05) is 6.07 Å². The molecule has 0 bridgehead atoms. The Kier molecular flexibility index (Phi) is 4.42. The number of rotatable bonds is 5. The highest BCUT2D eigenvalue weighted by molar-refractivity contribution is 5.44. The molecule has 2 aliphatic heterocycles. The van der Waals surface area contributed by atoms with Gasteiger partial charge in [-0.25, -0.2) is 0 Å². The maximum Gasteiger partial charge on any atom is 0.231 e. The highest BCUT2D eigenvalue weighted by atomic mass is 16.7. The number of morpholine rings is 1. The lowest BCUT2D eigenvalue weighted by Crippen LogP contribution is -2.47. The van der Waals surface area contributed by atoms with Crippen LogP contribution in [0, 0.1) is 5.92 Å². The lowest BCUT2D eigenvalue weighted by atomic mass is 10.1. The van der Waals surface area contributed by atoms with Gasteiger partial charge < -0.3 is 18.9 Å². The minimum atomic E-state index is 0.333. The third-order valence-electron chi connectivity index (χ3n) is 5.13. The molecule has 0 amide bonds. The number of ether oxygens (including phenoxy) is 4. The third kappa shape index (κ3) is 3.18. The molecule has 1 unspecified atom stereocenters. The lowest BCUT2D eigenvalue weighted by molar-refractivity contribution is -0.0591. The first-order valence-corrected chi connectivity index (χ1v) is 8.65. The van der Waals surface area contributed by atoms with Gasteiger partial charge in [-0.3, -0.25) is 4.90 Å². The molecule has 23 heavy (non-hydrogen) atoms. The zero-order valence-corrected chi connectivity index (χ0v) is 13.7. The molecule has 1 aromatic rings. The molecule has 5 heteroatoms. The van der Waals surface area contributed by atoms with Crippen molar-refractivity contribution in [2.45, 2.75) is 38.5 Å². The second-order valence-corrected chi connectivity index (χ2v) is 6.63. The van der Waals surface area contributed by atoms with Gasteiger partial charge in [0.15, 0.2) is 11.5 Å². The van der Waals surface area contributed by atoms with Crippen LogP contribution in [0.2, 0.25) is 0 Å². The van der Waals surface area contributed by atoms with Crippen LogP contribution in [0.5, 0.6) is 11.5 Å². The van der Waals surface area contributed by atoms with Crippen molar-refractivity contribution in [3.63, 3.8) is 0 Å². The fourth-order valence-corrected chi connectivity index (χ4v) is 4.02. The summed E-state index contributed by atoms with van der Waals surface area (Å²) in [6.45, 7) is 6.83. The number of hydrogen-bond acceptors (Lipinski definition) is 5. The van der Waals surface area contributed by atoms with E-state index < -0.39 is 0 Å². The van der Waals surface area contributed by atoms with Crippen LogP contribution in [0.3, 0.4) is 0 Å². The molecule has 1 saturated heterocycles. The number of fused-ring (bicyclic) bond motifs is 2. The molecule has 3 atom stereocenters. The van der Waals surface area contributed by atoms with Crippen molar-refractivity contribution in [3.05, 3.63) is 23.8 Å². The number of nitrogens with zero attached hydrogens (tertiary/aromatic N) is 1. The molecule has 4 rings (SSSR count). The van der Waals surface area contributed by atoms with Gasteiger partial charge >= 0.3 is 0 Å². The predicted molar refractivity (Wildman–Crippen MR) is 85.7 cm³/mol. The highest BCUT2D eigenvalue weighted by Gasteiger charge is 2.40. The first-order valence-electron chi connectivity index (χ1n) is 8.65. The maximum atomic E-state index is 6.01. The van der Waals surface area contributed by atoms with Crippen LogP contribution >= 0.6 is 0 Å². The Labute approximate surface area is 137 Å². The molecule has 3 aliphatic rings. The van der Waals surface area contributed by atoms with Crippen LogP contribution in [0.1, 0.15) is 25.3 Å². The molecule has 1 aromatic carbocycles. The van der Waals surface area contributed by atoms with Crippen molar-refractivity contribution >= 4 is 0 Å². The monoisotopic (exact) mass is 319 g/mol. The van der Waals surface area contributed by atoms with Crippen LogP contribution < -0.4 is 9.47 Å². The first-order chi connectivity index (χ1) is 11.3. The zero-order chi connectivity index (χ0) is 15.6. The number of hydrogen-bond donors (Lipinski definition) is 0. The summed E-state index contributed by atoms with van der Waals surface area (Å²) >= 11 is 0. The van der Waals surface area contributed by atoms with Gasteiger partial charge in [-0.05, 0) is 43.4 Å². The average molecular weight is 319 g/mol. The summed E-state index contributed by atoms with van der Waals surface area (Å²) in [6.07, 6.45) is 2.67. The standard InChI is InChI=1S/C18H25NO4/c1-2-20-11-14-7-15-17(9-14)21-6-5-19(15)10-13-3-4-16-18(8-13)23-12-22-16/h3-4,8,14-15,17H,2,5-7,9-12H2,1H3/t14?,15-,17-/m0/s1. The summed E-state index contributed by atoms with van der Waals surface area (Å²) < 4.78 is 22.5. The maximum absolute atomic E-state index is 6.01. The van der Waals surface area contributed by atoms with Gasteiger partial charge in [0.1, 0.15) is 0 Å². The lowest BCUT2D eigenvalue weighted by Gasteiger charge is -2.37. The molecule has 1 aliphatic carbocycles. The summed E-state index contributed by atoms with van der Waals surface area (Å²) in [6, 6.07) is 6.78. The molecule has 2 fully saturated rings. The van der Waals surface area contributed by atoms with E-state index in [0.29, 0.717) is 24.9 Å². The van der Waals surface area contributed by atoms with Crippen LogP contribution in [0.25, 0.3) is 0 Å². The van der Waals surface area contributed by atoms with Gasteiger partial charge in [-0.15, -0.1) is 0 Å². The smallest absolute Gasteiger partial charge is 0.231 e. The fraction of sp³-hybridized carbons (Fsp3) is 0.667. The van der Waals surface area contributed by atoms with Gasteiger partial charge in [0.25, 0.3) is 0 Å². The minimum absolute atomic E-state index is 0.333. The van der Waals surface area contributed by atoms with Gasteiger partial charge in [0, 0.05) is 32.3 Å². The Morgan fingerprint density at radius 1 is 1.22 bits per heavy atom. The second-order valence-electron chi connectivity index (χ2n) is 6.63. The first kappa shape index (κ1) is 15.2. The van der Waals surface area contributed by atoms with E-state index in [2.05, 4.69) is 24.0 Å². The minimum Gasteiger partial charge on any atom is -0.454 e. The molecule has 0 radical (unpaired) electrons. The molecule has 0 N–H and O–H groups in total. The molecule has 5 nitrogen and oxygen atoms in total. The van der Waals surface area contributed by atoms with E-state index in [0.717, 1.165) is 50.8 Å². The fourth-order valence-electron chi connectivity index (χ4n) is 4.02. The molecular weight excluding hydrogens is 294 g/mol. The molecule has 2 heterocycles. The molecule has 0 spiro atoms. The van der Waals surface area contributed by atoms with E-state index in [4.69, 9.17) is 18.9 Å². The van der Waals surface area contributed by atoms with E-state index in [9.17, 15) is 0 Å². The van der Waals surface area contributed by atoms with Crippen molar-refractivity contribution in [2.24, 2.45) is 5.92 Å². The van der Waals surface area contributed by atoms with E-state index in [1.165, 1.54) is 12.0 Å². The highest BCUT2D eigenvalue weighted by Crippen LogP contribution is 2.37. The summed E-state index contributed by atoms with van der Waals surface area (Å²) in [5.74, 6) is 2.35. The predicted octanol–water partition coefficient (Wildman–Crippen LogP) is 2.43. The zero-order valence-electron chi connectivity index (χ0n) is 13.7. The average Bonchev–Trinajstić information content (AvgIpc) is 3.19. The molecule has 1 saturated carbocycles. The van der Waals surface area contributed by atoms with Crippen molar-refractivity contribution < 1.29 is 18.9 Å². The molecule has 126 valence electrons. The number of benzene rings is 1. The Balaban J connectivity index is 1.42. The summed E-state index contributed by atoms with van der Waals surface area (Å²) in [7, 11) is 0. The topological polar surface area (TPSA) is 40.2 Å². The summed E-state index contributed by atoms with van der Waals surface area (Å²) in [5, 5.41) is 0. The van der Waals surface area contributed by atoms with Crippen LogP contribution in [-0.4, -0.2) is 50.2 Å². The van der Waals surface area contributed by atoms with Crippen molar-refractivity contribution in [3.8, 4) is 11.5 Å². The van der Waals surface area contributed by atoms with Gasteiger partial charge in [0.2, 0.25) is 6.79 Å². The molecule has 0 aromatic heterocycles. The molecular formula is C18H25NO4. The van der Waals surface area contributed by atoms with E-state index in [1.807, 2.05) is 6.07 Å². The summed E-state index contributed by atoms with van der Waals surface area (Å²) in [5.41, 5.74) is 1.28. The Morgan fingerprint density at radius 3 is 3.04 bits per heavy atom. The van der Waals surface area contributed by atoms with Gasteiger partial charge in [0.05, 0.1) is 12.7 Å². The second kappa shape index (κ2) is 6.67. The largest absolute Gasteiger partial charge is 0.454 e. The van der Waals surface area contributed by atoms with Crippen molar-refractivity contribution in [1.29, 1.82) is 0 Å². The van der Waals surface area contributed by atoms with E-state index in [-0.39, 0.29) is 0 Å². The quantitative estimate of drug-likeness (QED) is 0.833. The van der Waals surface area contributed by atoms with Crippen molar-refractivity contribution in [1.82, 2.24) is 4.90 Å². The third-order valence-corrected chi connectivity index (χ3v) is 5.13.